The van der Waals surface area contributed by atoms with Crippen molar-refractivity contribution in [2.75, 3.05) is 6.61 Å². The summed E-state index contributed by atoms with van der Waals surface area (Å²) in [6.45, 7) is 3.84. The summed E-state index contributed by atoms with van der Waals surface area (Å²) in [6, 6.07) is 21.1. The maximum atomic E-state index is 12.4. The summed E-state index contributed by atoms with van der Waals surface area (Å²) >= 11 is 0. The van der Waals surface area contributed by atoms with Crippen LogP contribution in [0.25, 0.3) is 11.1 Å². The summed E-state index contributed by atoms with van der Waals surface area (Å²) in [7, 11) is 0. The Morgan fingerprint density at radius 3 is 2.17 bits per heavy atom. The minimum Gasteiger partial charge on any atom is -0.478 e. The largest absolute Gasteiger partial charge is 0.478 e. The summed E-state index contributed by atoms with van der Waals surface area (Å²) in [5.41, 5.74) is 6.44. The lowest BCUT2D eigenvalue weighted by atomic mass is 9.98. The molecule has 152 valence electrons. The zero-order chi connectivity index (χ0) is 21.3. The van der Waals surface area contributed by atoms with E-state index in [-0.39, 0.29) is 24.1 Å². The van der Waals surface area contributed by atoms with E-state index < -0.39 is 12.1 Å². The molecule has 0 radical (unpaired) electrons. The number of alkyl carbamates (subject to hydrolysis) is 1. The lowest BCUT2D eigenvalue weighted by Gasteiger charge is -2.18. The number of rotatable bonds is 5. The number of fused-ring (bicyclic) bond motifs is 3. The number of aryl methyl sites for hydroxylation is 1. The number of hydrogen-bond acceptors (Lipinski definition) is 3. The molecule has 0 unspecified atom stereocenters. The molecule has 4 rings (SSSR count). The number of carbonyl (C=O) groups is 2. The molecule has 0 aromatic heterocycles. The molecule has 3 aromatic carbocycles. The molecular weight excluding hydrogens is 378 g/mol. The average molecular weight is 401 g/mol. The predicted octanol–water partition coefficient (Wildman–Crippen LogP) is 5.29. The van der Waals surface area contributed by atoms with Crippen LogP contribution >= 0.6 is 0 Å². The number of carbonyl (C=O) groups excluding carboxylic acids is 1. The second-order valence-electron chi connectivity index (χ2n) is 7.57. The van der Waals surface area contributed by atoms with Gasteiger partial charge >= 0.3 is 12.1 Å². The molecule has 5 nitrogen and oxygen atoms in total. The molecule has 1 aliphatic carbocycles. The molecule has 2 N–H and O–H groups in total. The average Bonchev–Trinajstić information content (AvgIpc) is 3.05. The van der Waals surface area contributed by atoms with Gasteiger partial charge in [-0.3, -0.25) is 0 Å². The number of carboxylic acids is 1. The van der Waals surface area contributed by atoms with E-state index in [4.69, 9.17) is 9.84 Å². The van der Waals surface area contributed by atoms with Gasteiger partial charge in [-0.2, -0.15) is 0 Å². The Balaban J connectivity index is 1.43. The standard InChI is InChI=1S/C25H23NO4/c1-15-13-17(11-12-18(15)24(27)28)16(2)26-25(29)30-14-23-21-9-5-3-7-19(21)20-8-4-6-10-22(20)23/h3-13,16,23H,14H2,1-2H3,(H,26,29)(H,27,28)/t16-/m0/s1. The summed E-state index contributed by atoms with van der Waals surface area (Å²) < 4.78 is 5.58. The van der Waals surface area contributed by atoms with E-state index in [9.17, 15) is 9.59 Å². The number of carboxylic acid groups (broad SMARTS) is 1. The Bertz CT molecular complexity index is 1080. The van der Waals surface area contributed by atoms with Gasteiger partial charge in [-0.15, -0.1) is 0 Å². The Morgan fingerprint density at radius 2 is 1.60 bits per heavy atom. The molecular formula is C25H23NO4. The molecule has 1 aliphatic rings. The van der Waals surface area contributed by atoms with Gasteiger partial charge in [-0.1, -0.05) is 60.7 Å². The number of nitrogens with one attached hydrogen (secondary N) is 1. The van der Waals surface area contributed by atoms with E-state index in [1.807, 2.05) is 31.2 Å². The van der Waals surface area contributed by atoms with Crippen LogP contribution in [0.2, 0.25) is 0 Å². The Kier molecular flexibility index (Phi) is 5.27. The number of hydrogen-bond donors (Lipinski definition) is 2. The van der Waals surface area contributed by atoms with E-state index in [0.29, 0.717) is 5.56 Å². The molecule has 0 saturated carbocycles. The quantitative estimate of drug-likeness (QED) is 0.609. The third-order valence-electron chi connectivity index (χ3n) is 5.66. The highest BCUT2D eigenvalue weighted by molar-refractivity contribution is 5.89. The van der Waals surface area contributed by atoms with Crippen molar-refractivity contribution in [3.8, 4) is 11.1 Å². The highest BCUT2D eigenvalue weighted by Crippen LogP contribution is 2.44. The van der Waals surface area contributed by atoms with Gasteiger partial charge in [0, 0.05) is 5.92 Å². The Morgan fingerprint density at radius 1 is 1.00 bits per heavy atom. The molecule has 0 saturated heterocycles. The molecule has 30 heavy (non-hydrogen) atoms. The first-order chi connectivity index (χ1) is 14.5. The fourth-order valence-electron chi connectivity index (χ4n) is 4.10. The van der Waals surface area contributed by atoms with Gasteiger partial charge < -0.3 is 15.2 Å². The molecule has 0 fully saturated rings. The van der Waals surface area contributed by atoms with Crippen molar-refractivity contribution < 1.29 is 19.4 Å². The molecule has 5 heteroatoms. The minimum absolute atomic E-state index is 0.00977. The van der Waals surface area contributed by atoms with Gasteiger partial charge in [0.1, 0.15) is 6.61 Å². The van der Waals surface area contributed by atoms with Crippen LogP contribution in [0, 0.1) is 6.92 Å². The molecule has 3 aromatic rings. The van der Waals surface area contributed by atoms with E-state index in [0.717, 1.165) is 5.56 Å². The van der Waals surface area contributed by atoms with Crippen molar-refractivity contribution in [1.29, 1.82) is 0 Å². The van der Waals surface area contributed by atoms with Gasteiger partial charge in [-0.05, 0) is 53.3 Å². The van der Waals surface area contributed by atoms with Crippen molar-refractivity contribution in [2.24, 2.45) is 0 Å². The fourth-order valence-corrected chi connectivity index (χ4v) is 4.10. The van der Waals surface area contributed by atoms with Crippen molar-refractivity contribution in [1.82, 2.24) is 5.32 Å². The first-order valence-electron chi connectivity index (χ1n) is 9.91. The zero-order valence-corrected chi connectivity index (χ0v) is 16.9. The molecule has 1 amide bonds. The Hall–Kier alpha value is -3.60. The van der Waals surface area contributed by atoms with Crippen LogP contribution in [0.5, 0.6) is 0 Å². The number of amides is 1. The van der Waals surface area contributed by atoms with Gasteiger partial charge in [0.05, 0.1) is 11.6 Å². The fraction of sp³-hybridized carbons (Fsp3) is 0.200. The van der Waals surface area contributed by atoms with Crippen molar-refractivity contribution in [3.63, 3.8) is 0 Å². The van der Waals surface area contributed by atoms with Gasteiger partial charge in [0.15, 0.2) is 0 Å². The number of ether oxygens (including phenoxy) is 1. The van der Waals surface area contributed by atoms with Crippen LogP contribution < -0.4 is 5.32 Å². The van der Waals surface area contributed by atoms with Crippen molar-refractivity contribution in [3.05, 3.63) is 94.5 Å². The highest BCUT2D eigenvalue weighted by atomic mass is 16.5. The highest BCUT2D eigenvalue weighted by Gasteiger charge is 2.29. The van der Waals surface area contributed by atoms with Crippen LogP contribution in [0.15, 0.2) is 66.7 Å². The van der Waals surface area contributed by atoms with Gasteiger partial charge in [0.25, 0.3) is 0 Å². The zero-order valence-electron chi connectivity index (χ0n) is 16.9. The second-order valence-corrected chi connectivity index (χ2v) is 7.57. The smallest absolute Gasteiger partial charge is 0.407 e. The third kappa shape index (κ3) is 3.66. The van der Waals surface area contributed by atoms with Crippen LogP contribution in [0.4, 0.5) is 4.79 Å². The molecule has 0 spiro atoms. The molecule has 0 heterocycles. The van der Waals surface area contributed by atoms with Gasteiger partial charge in [0.2, 0.25) is 0 Å². The van der Waals surface area contributed by atoms with Crippen LogP contribution in [-0.2, 0) is 4.74 Å². The number of benzene rings is 3. The molecule has 0 bridgehead atoms. The summed E-state index contributed by atoms with van der Waals surface area (Å²) in [6.07, 6.45) is -0.496. The minimum atomic E-state index is -0.962. The molecule has 0 aliphatic heterocycles. The number of aromatic carboxylic acids is 1. The van der Waals surface area contributed by atoms with E-state index in [2.05, 4.69) is 29.6 Å². The first kappa shape index (κ1) is 19.7. The van der Waals surface area contributed by atoms with E-state index in [1.165, 1.54) is 22.3 Å². The molecule has 1 atom stereocenters. The van der Waals surface area contributed by atoms with Gasteiger partial charge in [-0.25, -0.2) is 9.59 Å². The summed E-state index contributed by atoms with van der Waals surface area (Å²) in [5, 5.41) is 12.0. The lowest BCUT2D eigenvalue weighted by molar-refractivity contribution is 0.0696. The maximum absolute atomic E-state index is 12.4. The monoisotopic (exact) mass is 401 g/mol. The van der Waals surface area contributed by atoms with E-state index in [1.54, 1.807) is 25.1 Å². The topological polar surface area (TPSA) is 75.6 Å². The van der Waals surface area contributed by atoms with Crippen molar-refractivity contribution >= 4 is 12.1 Å². The first-order valence-corrected chi connectivity index (χ1v) is 9.91. The second kappa shape index (κ2) is 8.03. The third-order valence-corrected chi connectivity index (χ3v) is 5.66. The normalized spacial score (nSPS) is 13.3. The SMILES string of the molecule is Cc1cc([C@H](C)NC(=O)OCC2c3ccccc3-c3ccccc32)ccc1C(=O)O. The lowest BCUT2D eigenvalue weighted by Crippen LogP contribution is -2.28. The Labute approximate surface area is 175 Å². The van der Waals surface area contributed by atoms with Crippen molar-refractivity contribution in [2.45, 2.75) is 25.8 Å². The van der Waals surface area contributed by atoms with Crippen LogP contribution in [0.3, 0.4) is 0 Å². The van der Waals surface area contributed by atoms with E-state index >= 15 is 0 Å². The summed E-state index contributed by atoms with van der Waals surface area (Å²) in [4.78, 5) is 23.6. The maximum Gasteiger partial charge on any atom is 0.407 e. The predicted molar refractivity (Wildman–Crippen MR) is 115 cm³/mol. The van der Waals surface area contributed by atoms with Crippen LogP contribution in [0.1, 0.15) is 51.5 Å². The van der Waals surface area contributed by atoms with Crippen LogP contribution in [-0.4, -0.2) is 23.8 Å². The summed E-state index contributed by atoms with van der Waals surface area (Å²) in [5.74, 6) is -0.952.